The molecule has 1 aromatic rings. The van der Waals surface area contributed by atoms with Crippen molar-refractivity contribution >= 4 is 11.5 Å². The number of nitrogens with zero attached hydrogens (tertiary/aromatic N) is 1. The maximum absolute atomic E-state index is 5.90. The Morgan fingerprint density at radius 1 is 1.48 bits per heavy atom. The van der Waals surface area contributed by atoms with Gasteiger partial charge >= 0.3 is 0 Å². The topological polar surface area (TPSA) is 69.4 Å². The first-order valence-electron chi connectivity index (χ1n) is 7.85. The maximum atomic E-state index is 5.90. The highest BCUT2D eigenvalue weighted by Gasteiger charge is 2.26. The van der Waals surface area contributed by atoms with Crippen molar-refractivity contribution in [2.24, 2.45) is 11.8 Å². The molecule has 2 unspecified atom stereocenters. The van der Waals surface area contributed by atoms with E-state index in [1.807, 2.05) is 12.1 Å². The van der Waals surface area contributed by atoms with E-state index >= 15 is 0 Å². The van der Waals surface area contributed by atoms with Gasteiger partial charge in [0, 0.05) is 19.1 Å². The molecule has 1 fully saturated rings. The lowest BCUT2D eigenvalue weighted by molar-refractivity contribution is 0.0900. The first kappa shape index (κ1) is 15.9. The number of hydrogen-bond donors (Lipinski definition) is 2. The van der Waals surface area contributed by atoms with Crippen LogP contribution in [0.2, 0.25) is 0 Å². The highest BCUT2D eigenvalue weighted by Crippen LogP contribution is 2.25. The average Bonchev–Trinajstić information content (AvgIpc) is 2.92. The van der Waals surface area contributed by atoms with Crippen molar-refractivity contribution in [3.8, 4) is 5.88 Å². The third-order valence-electron chi connectivity index (χ3n) is 3.74. The summed E-state index contributed by atoms with van der Waals surface area (Å²) in [7, 11) is 0. The summed E-state index contributed by atoms with van der Waals surface area (Å²) < 4.78 is 11.4. The van der Waals surface area contributed by atoms with E-state index in [4.69, 9.17) is 15.2 Å². The molecule has 118 valence electrons. The zero-order chi connectivity index (χ0) is 15.2. The quantitative estimate of drug-likeness (QED) is 0.809. The number of nitrogen functional groups attached to an aromatic ring is 1. The third kappa shape index (κ3) is 4.49. The molecule has 0 aromatic carbocycles. The van der Waals surface area contributed by atoms with E-state index in [-0.39, 0.29) is 0 Å². The number of nitrogens with one attached hydrogen (secondary N) is 1. The lowest BCUT2D eigenvalue weighted by Crippen LogP contribution is -2.23. The standard InChI is InChI=1S/C16H27N3O2/c1-4-14-12(7-8-20-14)9-18-15-6-5-13(17)16(19-15)21-10-11(2)3/h5-6,11-12,14H,4,7-10,17H2,1-3H3,(H,18,19). The van der Waals surface area contributed by atoms with Crippen molar-refractivity contribution in [3.63, 3.8) is 0 Å². The van der Waals surface area contributed by atoms with Crippen LogP contribution in [0.4, 0.5) is 11.5 Å². The van der Waals surface area contributed by atoms with Crippen LogP contribution >= 0.6 is 0 Å². The fourth-order valence-electron chi connectivity index (χ4n) is 2.52. The largest absolute Gasteiger partial charge is 0.476 e. The zero-order valence-corrected chi connectivity index (χ0v) is 13.3. The van der Waals surface area contributed by atoms with Gasteiger partial charge in [0.15, 0.2) is 0 Å². The molecule has 2 atom stereocenters. The summed E-state index contributed by atoms with van der Waals surface area (Å²) in [6.45, 7) is 8.73. The third-order valence-corrected chi connectivity index (χ3v) is 3.74. The maximum Gasteiger partial charge on any atom is 0.239 e. The van der Waals surface area contributed by atoms with Gasteiger partial charge < -0.3 is 20.5 Å². The van der Waals surface area contributed by atoms with E-state index in [1.165, 1.54) is 0 Å². The molecule has 0 spiro atoms. The van der Waals surface area contributed by atoms with E-state index in [1.54, 1.807) is 0 Å². The highest BCUT2D eigenvalue weighted by molar-refractivity contribution is 5.53. The van der Waals surface area contributed by atoms with Gasteiger partial charge in [-0.1, -0.05) is 20.8 Å². The first-order valence-corrected chi connectivity index (χ1v) is 7.85. The Morgan fingerprint density at radius 2 is 2.29 bits per heavy atom. The summed E-state index contributed by atoms with van der Waals surface area (Å²) in [4.78, 5) is 4.46. The van der Waals surface area contributed by atoms with Crippen LogP contribution in [0.15, 0.2) is 12.1 Å². The van der Waals surface area contributed by atoms with Crippen LogP contribution in [0.25, 0.3) is 0 Å². The van der Waals surface area contributed by atoms with Gasteiger partial charge in [0.25, 0.3) is 0 Å². The van der Waals surface area contributed by atoms with Crippen molar-refractivity contribution in [1.29, 1.82) is 0 Å². The second kappa shape index (κ2) is 7.50. The minimum absolute atomic E-state index is 0.364. The molecular formula is C16H27N3O2. The Hall–Kier alpha value is -1.49. The van der Waals surface area contributed by atoms with E-state index in [0.29, 0.717) is 36.1 Å². The molecule has 1 aliphatic heterocycles. The Morgan fingerprint density at radius 3 is 3.00 bits per heavy atom. The monoisotopic (exact) mass is 293 g/mol. The van der Waals surface area contributed by atoms with Crippen molar-refractivity contribution < 1.29 is 9.47 Å². The van der Waals surface area contributed by atoms with Crippen LogP contribution < -0.4 is 15.8 Å². The number of rotatable bonds is 7. The molecule has 1 aromatic heterocycles. The van der Waals surface area contributed by atoms with E-state index in [0.717, 1.165) is 31.8 Å². The Bertz CT molecular complexity index is 451. The van der Waals surface area contributed by atoms with Crippen LogP contribution in [0.3, 0.4) is 0 Å². The van der Waals surface area contributed by atoms with Gasteiger partial charge in [-0.2, -0.15) is 4.98 Å². The summed E-state index contributed by atoms with van der Waals surface area (Å²) in [5.74, 6) is 2.33. The molecule has 0 amide bonds. The summed E-state index contributed by atoms with van der Waals surface area (Å²) in [6.07, 6.45) is 2.53. The normalized spacial score (nSPS) is 21.7. The molecule has 3 N–H and O–H groups in total. The molecule has 5 nitrogen and oxygen atoms in total. The molecule has 5 heteroatoms. The summed E-state index contributed by atoms with van der Waals surface area (Å²) >= 11 is 0. The van der Waals surface area contributed by atoms with Gasteiger partial charge in [-0.3, -0.25) is 0 Å². The first-order chi connectivity index (χ1) is 10.1. The second-order valence-electron chi connectivity index (χ2n) is 6.04. The fourth-order valence-corrected chi connectivity index (χ4v) is 2.52. The lowest BCUT2D eigenvalue weighted by atomic mass is 10.00. The van der Waals surface area contributed by atoms with Gasteiger partial charge in [0.1, 0.15) is 5.82 Å². The van der Waals surface area contributed by atoms with Gasteiger partial charge in [0.05, 0.1) is 18.4 Å². The lowest BCUT2D eigenvalue weighted by Gasteiger charge is -2.18. The summed E-state index contributed by atoms with van der Waals surface area (Å²) in [5, 5.41) is 3.38. The predicted molar refractivity (Wildman–Crippen MR) is 85.6 cm³/mol. The van der Waals surface area contributed by atoms with Gasteiger partial charge in [-0.05, 0) is 30.9 Å². The van der Waals surface area contributed by atoms with E-state index in [9.17, 15) is 0 Å². The number of nitrogens with two attached hydrogens (primary N) is 1. The van der Waals surface area contributed by atoms with Gasteiger partial charge in [0.2, 0.25) is 5.88 Å². The smallest absolute Gasteiger partial charge is 0.239 e. The minimum Gasteiger partial charge on any atom is -0.476 e. The Labute approximate surface area is 127 Å². The summed E-state index contributed by atoms with van der Waals surface area (Å²) in [5.41, 5.74) is 6.48. The van der Waals surface area contributed by atoms with Crippen molar-refractivity contribution in [1.82, 2.24) is 4.98 Å². The number of hydrogen-bond acceptors (Lipinski definition) is 5. The number of aromatic nitrogens is 1. The highest BCUT2D eigenvalue weighted by atomic mass is 16.5. The molecule has 2 heterocycles. The zero-order valence-electron chi connectivity index (χ0n) is 13.3. The molecular weight excluding hydrogens is 266 g/mol. The number of ether oxygens (including phenoxy) is 2. The average molecular weight is 293 g/mol. The molecule has 0 saturated carbocycles. The molecule has 1 aliphatic rings. The SMILES string of the molecule is CCC1OCCC1CNc1ccc(N)c(OCC(C)C)n1. The molecule has 2 rings (SSSR count). The van der Waals surface area contributed by atoms with Crippen LogP contribution in [0.5, 0.6) is 5.88 Å². The van der Waals surface area contributed by atoms with Crippen molar-refractivity contribution in [2.75, 3.05) is 30.8 Å². The number of pyridine rings is 1. The fraction of sp³-hybridized carbons (Fsp3) is 0.688. The molecule has 1 saturated heterocycles. The van der Waals surface area contributed by atoms with Crippen LogP contribution in [0, 0.1) is 11.8 Å². The Balaban J connectivity index is 1.92. The van der Waals surface area contributed by atoms with Crippen molar-refractivity contribution in [2.45, 2.75) is 39.7 Å². The van der Waals surface area contributed by atoms with Crippen LogP contribution in [-0.4, -0.2) is 30.8 Å². The molecule has 0 aliphatic carbocycles. The molecule has 21 heavy (non-hydrogen) atoms. The summed E-state index contributed by atoms with van der Waals surface area (Å²) in [6, 6.07) is 3.74. The van der Waals surface area contributed by atoms with Crippen LogP contribution in [0.1, 0.15) is 33.6 Å². The minimum atomic E-state index is 0.364. The second-order valence-corrected chi connectivity index (χ2v) is 6.04. The number of anilines is 2. The molecule has 0 bridgehead atoms. The van der Waals surface area contributed by atoms with Gasteiger partial charge in [-0.15, -0.1) is 0 Å². The van der Waals surface area contributed by atoms with Crippen LogP contribution in [-0.2, 0) is 4.74 Å². The molecule has 0 radical (unpaired) electrons. The van der Waals surface area contributed by atoms with E-state index in [2.05, 4.69) is 31.1 Å². The van der Waals surface area contributed by atoms with E-state index < -0.39 is 0 Å². The Kier molecular flexibility index (Phi) is 5.67. The van der Waals surface area contributed by atoms with Gasteiger partial charge in [-0.25, -0.2) is 0 Å². The predicted octanol–water partition coefficient (Wildman–Crippen LogP) is 2.93. The van der Waals surface area contributed by atoms with Crippen molar-refractivity contribution in [3.05, 3.63) is 12.1 Å².